The largest absolute Gasteiger partial charge is 0.309 e. The van der Waals surface area contributed by atoms with E-state index in [1.807, 2.05) is 0 Å². The van der Waals surface area contributed by atoms with Crippen molar-refractivity contribution in [2.45, 2.75) is 6.42 Å². The minimum Gasteiger partial charge on any atom is -0.309 e. The minimum absolute atomic E-state index is 0.00583. The van der Waals surface area contributed by atoms with Gasteiger partial charge in [0.2, 0.25) is 5.91 Å². The number of rotatable bonds is 3. The second-order valence-corrected chi connectivity index (χ2v) is 4.75. The zero-order chi connectivity index (χ0) is 13.1. The van der Waals surface area contributed by atoms with E-state index in [2.05, 4.69) is 15.0 Å². The maximum absolute atomic E-state index is 11.9. The Kier molecular flexibility index (Phi) is 3.91. The summed E-state index contributed by atoms with van der Waals surface area (Å²) in [5.74, 6) is -0.0863. The molecule has 1 unspecified atom stereocenters. The van der Waals surface area contributed by atoms with Gasteiger partial charge in [0.15, 0.2) is 0 Å². The Morgan fingerprint density at radius 3 is 2.78 bits per heavy atom. The van der Waals surface area contributed by atoms with E-state index < -0.39 is 0 Å². The first-order valence-corrected chi connectivity index (χ1v) is 5.99. The Hall–Kier alpha value is -1.49. The first-order chi connectivity index (χ1) is 8.63. The van der Waals surface area contributed by atoms with Gasteiger partial charge in [-0.3, -0.25) is 9.78 Å². The van der Waals surface area contributed by atoms with Crippen molar-refractivity contribution in [3.05, 3.63) is 32.9 Å². The molecule has 1 aliphatic rings. The van der Waals surface area contributed by atoms with Gasteiger partial charge >= 0.3 is 0 Å². The van der Waals surface area contributed by atoms with Crippen molar-refractivity contribution in [2.75, 3.05) is 18.0 Å². The number of amides is 1. The standard InChI is InChI=1S/C10H9Cl2N5O/c11-7-3-14-4-8(12)10(7)17-5-6(1-9(17)18)2-15-16-13/h3-4,6H,1-2,5H2. The number of anilines is 1. The van der Waals surface area contributed by atoms with Gasteiger partial charge in [0.1, 0.15) is 0 Å². The fraction of sp³-hybridized carbons (Fsp3) is 0.400. The molecular weight excluding hydrogens is 277 g/mol. The Morgan fingerprint density at radius 2 is 2.17 bits per heavy atom. The van der Waals surface area contributed by atoms with Gasteiger partial charge < -0.3 is 4.90 Å². The highest BCUT2D eigenvalue weighted by atomic mass is 35.5. The summed E-state index contributed by atoms with van der Waals surface area (Å²) in [7, 11) is 0. The molecule has 1 aliphatic heterocycles. The number of nitrogens with zero attached hydrogens (tertiary/aromatic N) is 5. The van der Waals surface area contributed by atoms with E-state index >= 15 is 0 Å². The number of carbonyl (C=O) groups excluding carboxylic acids is 1. The molecule has 1 atom stereocenters. The van der Waals surface area contributed by atoms with Crippen LogP contribution < -0.4 is 4.90 Å². The van der Waals surface area contributed by atoms with Crippen LogP contribution in [0.15, 0.2) is 17.5 Å². The molecule has 18 heavy (non-hydrogen) atoms. The zero-order valence-corrected chi connectivity index (χ0v) is 10.8. The van der Waals surface area contributed by atoms with Crippen LogP contribution in [0, 0.1) is 5.92 Å². The Morgan fingerprint density at radius 1 is 1.50 bits per heavy atom. The molecule has 2 rings (SSSR count). The molecule has 0 aromatic carbocycles. The topological polar surface area (TPSA) is 82.0 Å². The predicted molar refractivity (Wildman–Crippen MR) is 68.7 cm³/mol. The van der Waals surface area contributed by atoms with Crippen molar-refractivity contribution in [2.24, 2.45) is 11.0 Å². The molecule has 1 aromatic heterocycles. The molecule has 6 nitrogen and oxygen atoms in total. The molecule has 1 fully saturated rings. The molecule has 0 radical (unpaired) electrons. The van der Waals surface area contributed by atoms with Crippen molar-refractivity contribution in [1.29, 1.82) is 0 Å². The van der Waals surface area contributed by atoms with Crippen LogP contribution in [0.4, 0.5) is 5.69 Å². The number of hydrogen-bond donors (Lipinski definition) is 0. The van der Waals surface area contributed by atoms with Gasteiger partial charge in [-0.1, -0.05) is 28.3 Å². The lowest BCUT2D eigenvalue weighted by Crippen LogP contribution is -2.25. The van der Waals surface area contributed by atoms with Crippen LogP contribution in [0.2, 0.25) is 10.0 Å². The van der Waals surface area contributed by atoms with Crippen LogP contribution in [0.3, 0.4) is 0 Å². The van der Waals surface area contributed by atoms with Gasteiger partial charge in [0, 0.05) is 36.8 Å². The van der Waals surface area contributed by atoms with Crippen LogP contribution in [-0.2, 0) is 4.79 Å². The van der Waals surface area contributed by atoms with Gasteiger partial charge in [-0.05, 0) is 11.4 Å². The SMILES string of the molecule is [N-]=[N+]=NCC1CC(=O)N(c2c(Cl)cncc2Cl)C1. The maximum Gasteiger partial charge on any atom is 0.227 e. The average molecular weight is 286 g/mol. The number of halogens is 2. The van der Waals surface area contributed by atoms with Gasteiger partial charge in [-0.15, -0.1) is 0 Å². The summed E-state index contributed by atoms with van der Waals surface area (Å²) in [6, 6.07) is 0. The lowest BCUT2D eigenvalue weighted by atomic mass is 10.1. The van der Waals surface area contributed by atoms with Crippen LogP contribution >= 0.6 is 23.2 Å². The van der Waals surface area contributed by atoms with E-state index in [0.29, 0.717) is 35.2 Å². The highest BCUT2D eigenvalue weighted by Crippen LogP contribution is 2.36. The van der Waals surface area contributed by atoms with E-state index in [9.17, 15) is 4.79 Å². The number of aromatic nitrogens is 1. The third kappa shape index (κ3) is 2.51. The highest BCUT2D eigenvalue weighted by molar-refractivity contribution is 6.39. The van der Waals surface area contributed by atoms with Crippen molar-refractivity contribution in [1.82, 2.24) is 4.98 Å². The Bertz CT molecular complexity index is 509. The first kappa shape index (κ1) is 13.0. The Labute approximate surface area is 113 Å². The van der Waals surface area contributed by atoms with E-state index in [0.717, 1.165) is 0 Å². The molecule has 0 spiro atoms. The predicted octanol–water partition coefficient (Wildman–Crippen LogP) is 3.05. The molecule has 1 aromatic rings. The maximum atomic E-state index is 11.9. The molecule has 2 heterocycles. The monoisotopic (exact) mass is 285 g/mol. The van der Waals surface area contributed by atoms with Crippen LogP contribution in [0.5, 0.6) is 0 Å². The molecule has 0 N–H and O–H groups in total. The molecule has 0 aliphatic carbocycles. The van der Waals surface area contributed by atoms with Crippen LogP contribution in [0.25, 0.3) is 10.4 Å². The summed E-state index contributed by atoms with van der Waals surface area (Å²) < 4.78 is 0. The Balaban J connectivity index is 2.24. The normalized spacial score (nSPS) is 18.9. The second-order valence-electron chi connectivity index (χ2n) is 3.94. The van der Waals surface area contributed by atoms with Crippen molar-refractivity contribution < 1.29 is 4.79 Å². The van der Waals surface area contributed by atoms with Gasteiger partial charge in [-0.2, -0.15) is 0 Å². The van der Waals surface area contributed by atoms with E-state index in [1.54, 1.807) is 0 Å². The summed E-state index contributed by atoms with van der Waals surface area (Å²) in [6.07, 6.45) is 3.21. The molecule has 0 bridgehead atoms. The molecule has 1 amide bonds. The third-order valence-corrected chi connectivity index (χ3v) is 3.26. The van der Waals surface area contributed by atoms with Crippen LogP contribution in [-0.4, -0.2) is 24.0 Å². The fourth-order valence-corrected chi connectivity index (χ4v) is 2.50. The van der Waals surface area contributed by atoms with Gasteiger partial charge in [-0.25, -0.2) is 0 Å². The number of carbonyl (C=O) groups is 1. The highest BCUT2D eigenvalue weighted by Gasteiger charge is 2.32. The average Bonchev–Trinajstić information content (AvgIpc) is 2.68. The molecule has 94 valence electrons. The van der Waals surface area contributed by atoms with Gasteiger partial charge in [0.25, 0.3) is 0 Å². The van der Waals surface area contributed by atoms with Gasteiger partial charge in [0.05, 0.1) is 15.7 Å². The zero-order valence-electron chi connectivity index (χ0n) is 9.25. The van der Waals surface area contributed by atoms with Crippen molar-refractivity contribution in [3.8, 4) is 0 Å². The summed E-state index contributed by atoms with van der Waals surface area (Å²) in [5, 5.41) is 4.15. The second kappa shape index (κ2) is 5.44. The van der Waals surface area contributed by atoms with Crippen molar-refractivity contribution >= 4 is 34.8 Å². The summed E-state index contributed by atoms with van der Waals surface area (Å²) in [5.41, 5.74) is 8.75. The molecular formula is C10H9Cl2N5O. The quantitative estimate of drug-likeness (QED) is 0.486. The number of pyridine rings is 1. The minimum atomic E-state index is -0.0804. The van der Waals surface area contributed by atoms with Crippen molar-refractivity contribution in [3.63, 3.8) is 0 Å². The molecule has 1 saturated heterocycles. The third-order valence-electron chi connectivity index (χ3n) is 2.71. The van der Waals surface area contributed by atoms with E-state index in [4.69, 9.17) is 28.7 Å². The lowest BCUT2D eigenvalue weighted by molar-refractivity contribution is -0.117. The van der Waals surface area contributed by atoms with Crippen LogP contribution in [0.1, 0.15) is 6.42 Å². The lowest BCUT2D eigenvalue weighted by Gasteiger charge is -2.18. The number of azide groups is 1. The fourth-order valence-electron chi connectivity index (χ4n) is 1.93. The molecule has 8 heteroatoms. The van der Waals surface area contributed by atoms with E-state index in [1.165, 1.54) is 17.3 Å². The summed E-state index contributed by atoms with van der Waals surface area (Å²) >= 11 is 12.0. The van der Waals surface area contributed by atoms with E-state index in [-0.39, 0.29) is 11.8 Å². The summed E-state index contributed by atoms with van der Waals surface area (Å²) in [4.78, 5) is 20.0. The first-order valence-electron chi connectivity index (χ1n) is 5.23. The smallest absolute Gasteiger partial charge is 0.227 e. The number of hydrogen-bond acceptors (Lipinski definition) is 3. The molecule has 0 saturated carbocycles. The summed E-state index contributed by atoms with van der Waals surface area (Å²) in [6.45, 7) is 0.736.